The lowest BCUT2D eigenvalue weighted by Crippen LogP contribution is -2.24. The summed E-state index contributed by atoms with van der Waals surface area (Å²) in [4.78, 5) is 18.5. The zero-order chi connectivity index (χ0) is 20.4. The van der Waals surface area contributed by atoms with Crippen LogP contribution in [0.4, 0.5) is 11.4 Å². The minimum Gasteiger partial charge on any atom is -0.320 e. The van der Waals surface area contributed by atoms with E-state index < -0.39 is 0 Å². The molecule has 0 saturated carbocycles. The summed E-state index contributed by atoms with van der Waals surface area (Å²) in [6.07, 6.45) is 3.65. The standard InChI is InChI=1S/C22H19Cl2N3OS/c1-14-5-2-6-16(11-14)29-27-10-4-9-19-20(27)12-15(13-25-19)26-22(28)21-17(23)7-3-8-18(21)24/h2-3,5-8,11-13H,4,9-10H2,1H3,(H,26,28). The molecule has 4 nitrogen and oxygen atoms in total. The Kier molecular flexibility index (Phi) is 5.99. The fraction of sp³-hybridized carbons (Fsp3) is 0.182. The number of carbonyl (C=O) groups excluding carboxylic acids is 1. The summed E-state index contributed by atoms with van der Waals surface area (Å²) in [6, 6.07) is 15.4. The molecule has 0 atom stereocenters. The maximum Gasteiger partial charge on any atom is 0.258 e. The van der Waals surface area contributed by atoms with Gasteiger partial charge in [0, 0.05) is 11.4 Å². The molecule has 2 heterocycles. The Labute approximate surface area is 184 Å². The van der Waals surface area contributed by atoms with Crippen LogP contribution in [0.3, 0.4) is 0 Å². The lowest BCUT2D eigenvalue weighted by Gasteiger charge is -2.29. The van der Waals surface area contributed by atoms with Gasteiger partial charge in [-0.3, -0.25) is 9.78 Å². The van der Waals surface area contributed by atoms with Crippen LogP contribution in [-0.2, 0) is 6.42 Å². The molecule has 0 saturated heterocycles. The first kappa shape index (κ1) is 20.1. The fourth-order valence-corrected chi connectivity index (χ4v) is 4.95. The number of anilines is 2. The van der Waals surface area contributed by atoms with Gasteiger partial charge >= 0.3 is 0 Å². The number of pyridine rings is 1. The van der Waals surface area contributed by atoms with Crippen molar-refractivity contribution < 1.29 is 4.79 Å². The quantitative estimate of drug-likeness (QED) is 0.473. The first-order valence-corrected chi connectivity index (χ1v) is 10.8. The highest BCUT2D eigenvalue weighted by Gasteiger charge is 2.21. The van der Waals surface area contributed by atoms with E-state index in [9.17, 15) is 4.79 Å². The molecule has 1 amide bonds. The van der Waals surface area contributed by atoms with Crippen molar-refractivity contribution in [3.63, 3.8) is 0 Å². The predicted molar refractivity (Wildman–Crippen MR) is 121 cm³/mol. The maximum absolute atomic E-state index is 12.7. The van der Waals surface area contributed by atoms with Crippen LogP contribution < -0.4 is 9.62 Å². The molecule has 4 rings (SSSR count). The van der Waals surface area contributed by atoms with Crippen LogP contribution in [0.5, 0.6) is 0 Å². The number of amides is 1. The molecule has 148 valence electrons. The summed E-state index contributed by atoms with van der Waals surface area (Å²) < 4.78 is 2.23. The molecule has 0 radical (unpaired) electrons. The van der Waals surface area contributed by atoms with E-state index in [0.717, 1.165) is 30.8 Å². The summed E-state index contributed by atoms with van der Waals surface area (Å²) >= 11 is 14.0. The average Bonchev–Trinajstić information content (AvgIpc) is 2.68. The van der Waals surface area contributed by atoms with Crippen LogP contribution in [0.1, 0.15) is 28.0 Å². The van der Waals surface area contributed by atoms with Crippen molar-refractivity contribution in [3.05, 3.63) is 81.6 Å². The van der Waals surface area contributed by atoms with Crippen molar-refractivity contribution in [1.29, 1.82) is 0 Å². The van der Waals surface area contributed by atoms with E-state index in [0.29, 0.717) is 15.7 Å². The van der Waals surface area contributed by atoms with Crippen LogP contribution in [-0.4, -0.2) is 17.4 Å². The molecule has 7 heteroatoms. The third-order valence-corrected chi connectivity index (χ3v) is 6.34. The molecule has 1 aliphatic rings. The van der Waals surface area contributed by atoms with Crippen molar-refractivity contribution in [2.45, 2.75) is 24.7 Å². The van der Waals surface area contributed by atoms with Crippen LogP contribution >= 0.6 is 35.1 Å². The Balaban J connectivity index is 1.59. The van der Waals surface area contributed by atoms with Crippen LogP contribution in [0.2, 0.25) is 10.0 Å². The third kappa shape index (κ3) is 4.53. The Morgan fingerprint density at radius 1 is 1.14 bits per heavy atom. The number of fused-ring (bicyclic) bond motifs is 1. The molecule has 0 unspecified atom stereocenters. The Bertz CT molecular complexity index is 1050. The summed E-state index contributed by atoms with van der Waals surface area (Å²) in [5, 5.41) is 3.51. The minimum atomic E-state index is -0.351. The first-order chi connectivity index (χ1) is 14.0. The van der Waals surface area contributed by atoms with Gasteiger partial charge in [0.25, 0.3) is 5.91 Å². The van der Waals surface area contributed by atoms with Gasteiger partial charge in [-0.2, -0.15) is 0 Å². The van der Waals surface area contributed by atoms with E-state index in [1.807, 2.05) is 6.07 Å². The first-order valence-electron chi connectivity index (χ1n) is 9.28. The average molecular weight is 444 g/mol. The molecule has 0 spiro atoms. The van der Waals surface area contributed by atoms with Gasteiger partial charge in [0.15, 0.2) is 0 Å². The molecule has 2 aromatic carbocycles. The highest BCUT2D eigenvalue weighted by Crippen LogP contribution is 2.36. The summed E-state index contributed by atoms with van der Waals surface area (Å²) in [5.41, 5.74) is 4.15. The number of hydrogen-bond donors (Lipinski definition) is 1. The molecule has 1 aliphatic heterocycles. The zero-order valence-corrected chi connectivity index (χ0v) is 18.1. The van der Waals surface area contributed by atoms with E-state index in [1.54, 1.807) is 36.3 Å². The van der Waals surface area contributed by atoms with Crippen LogP contribution in [0.15, 0.2) is 59.6 Å². The summed E-state index contributed by atoms with van der Waals surface area (Å²) in [7, 11) is 0. The number of hydrogen-bond acceptors (Lipinski definition) is 4. The van der Waals surface area contributed by atoms with Crippen molar-refractivity contribution >= 4 is 52.4 Å². The number of carbonyl (C=O) groups is 1. The second-order valence-corrected chi connectivity index (χ2v) is 8.76. The van der Waals surface area contributed by atoms with Crippen molar-refractivity contribution in [3.8, 4) is 0 Å². The number of rotatable bonds is 4. The number of halogens is 2. The van der Waals surface area contributed by atoms with Crippen molar-refractivity contribution in [1.82, 2.24) is 4.98 Å². The smallest absolute Gasteiger partial charge is 0.258 e. The van der Waals surface area contributed by atoms with Gasteiger partial charge in [0.2, 0.25) is 0 Å². The predicted octanol–water partition coefficient (Wildman–Crippen LogP) is 6.41. The SMILES string of the molecule is Cc1cccc(SN2CCCc3ncc(NC(=O)c4c(Cl)cccc4Cl)cc32)c1. The van der Waals surface area contributed by atoms with Crippen LogP contribution in [0, 0.1) is 6.92 Å². The van der Waals surface area contributed by atoms with Gasteiger partial charge in [-0.25, -0.2) is 0 Å². The second-order valence-electron chi connectivity index (χ2n) is 6.85. The molecule has 1 N–H and O–H groups in total. The molecule has 0 fully saturated rings. The van der Waals surface area contributed by atoms with E-state index in [-0.39, 0.29) is 11.5 Å². The number of nitrogens with one attached hydrogen (secondary N) is 1. The van der Waals surface area contributed by atoms with Crippen molar-refractivity contribution in [2.75, 3.05) is 16.2 Å². The topological polar surface area (TPSA) is 45.2 Å². The van der Waals surface area contributed by atoms with E-state index >= 15 is 0 Å². The highest BCUT2D eigenvalue weighted by molar-refractivity contribution is 8.00. The van der Waals surface area contributed by atoms with Gasteiger partial charge in [0.05, 0.1) is 38.9 Å². The number of benzene rings is 2. The van der Waals surface area contributed by atoms with Gasteiger partial charge in [0.1, 0.15) is 0 Å². The molecule has 0 aliphatic carbocycles. The van der Waals surface area contributed by atoms with E-state index in [1.165, 1.54) is 10.5 Å². The Hall–Kier alpha value is -2.21. The molecule has 29 heavy (non-hydrogen) atoms. The molecular weight excluding hydrogens is 425 g/mol. The molecule has 0 bridgehead atoms. The van der Waals surface area contributed by atoms with E-state index in [4.69, 9.17) is 23.2 Å². The van der Waals surface area contributed by atoms with Gasteiger partial charge in [-0.15, -0.1) is 0 Å². The fourth-order valence-electron chi connectivity index (χ4n) is 3.27. The zero-order valence-electron chi connectivity index (χ0n) is 15.8. The largest absolute Gasteiger partial charge is 0.320 e. The molecule has 1 aromatic heterocycles. The monoisotopic (exact) mass is 443 g/mol. The number of aryl methyl sites for hydroxylation is 2. The number of aromatic nitrogens is 1. The second kappa shape index (κ2) is 8.66. The lowest BCUT2D eigenvalue weighted by atomic mass is 10.1. The van der Waals surface area contributed by atoms with E-state index in [2.05, 4.69) is 45.8 Å². The summed E-state index contributed by atoms with van der Waals surface area (Å²) in [6.45, 7) is 3.00. The molecular formula is C22H19Cl2N3OS. The number of nitrogens with zero attached hydrogens (tertiary/aromatic N) is 2. The normalized spacial score (nSPS) is 13.1. The van der Waals surface area contributed by atoms with Gasteiger partial charge in [-0.05, 0) is 67.6 Å². The third-order valence-electron chi connectivity index (χ3n) is 4.64. The van der Waals surface area contributed by atoms with Crippen LogP contribution in [0.25, 0.3) is 0 Å². The van der Waals surface area contributed by atoms with Gasteiger partial charge < -0.3 is 9.62 Å². The minimum absolute atomic E-state index is 0.263. The Morgan fingerprint density at radius 2 is 1.90 bits per heavy atom. The molecule has 3 aromatic rings. The van der Waals surface area contributed by atoms with Crippen molar-refractivity contribution in [2.24, 2.45) is 0 Å². The Morgan fingerprint density at radius 3 is 2.66 bits per heavy atom. The lowest BCUT2D eigenvalue weighted by molar-refractivity contribution is 0.102. The highest BCUT2D eigenvalue weighted by atomic mass is 35.5. The van der Waals surface area contributed by atoms with Gasteiger partial charge in [-0.1, -0.05) is 41.4 Å². The summed E-state index contributed by atoms with van der Waals surface area (Å²) in [5.74, 6) is -0.351. The maximum atomic E-state index is 12.7.